The molecule has 1 heterocycles. The van der Waals surface area contributed by atoms with Gasteiger partial charge in [0.25, 0.3) is 0 Å². The Balaban J connectivity index is 2.36. The molecule has 0 radical (unpaired) electrons. The fourth-order valence-electron chi connectivity index (χ4n) is 1.42. The first-order valence-electron chi connectivity index (χ1n) is 6.06. The normalized spacial score (nSPS) is 12.5. The van der Waals surface area contributed by atoms with Crippen LogP contribution in [-0.2, 0) is 4.74 Å². The number of aromatic nitrogens is 1. The summed E-state index contributed by atoms with van der Waals surface area (Å²) < 4.78 is 4.61. The van der Waals surface area contributed by atoms with Crippen LogP contribution in [-0.4, -0.2) is 49.1 Å². The Kier molecular flexibility index (Phi) is 6.07. The van der Waals surface area contributed by atoms with Crippen molar-refractivity contribution in [2.75, 3.05) is 32.6 Å². The maximum atomic E-state index is 11.2. The van der Waals surface area contributed by atoms with E-state index in [1.165, 1.54) is 18.4 Å². The lowest BCUT2D eigenvalue weighted by atomic mass is 10.2. The van der Waals surface area contributed by atoms with E-state index in [-0.39, 0.29) is 0 Å². The topological polar surface area (TPSA) is 54.5 Å². The van der Waals surface area contributed by atoms with Crippen LogP contribution in [0.4, 0.5) is 5.13 Å². The lowest BCUT2D eigenvalue weighted by Crippen LogP contribution is -2.32. The van der Waals surface area contributed by atoms with Crippen molar-refractivity contribution in [1.29, 1.82) is 0 Å². The molecular formula is C12H21N3O2S. The summed E-state index contributed by atoms with van der Waals surface area (Å²) in [5, 5.41) is 5.67. The lowest BCUT2D eigenvalue weighted by molar-refractivity contribution is 0.0595. The van der Waals surface area contributed by atoms with Crippen LogP contribution >= 0.6 is 11.3 Å². The summed E-state index contributed by atoms with van der Waals surface area (Å²) >= 11 is 1.42. The minimum atomic E-state index is -0.393. The molecular weight excluding hydrogens is 250 g/mol. The standard InChI is InChI=1S/C12H21N3O2S/c1-5-9(2)15(3)7-6-13-12-14-10(8-18-12)11(16)17-4/h8-9H,5-7H2,1-4H3,(H,13,14). The van der Waals surface area contributed by atoms with E-state index in [4.69, 9.17) is 0 Å². The molecule has 0 aliphatic rings. The van der Waals surface area contributed by atoms with Gasteiger partial charge in [-0.1, -0.05) is 6.92 Å². The molecule has 0 bridgehead atoms. The molecule has 1 atom stereocenters. The number of hydrogen-bond donors (Lipinski definition) is 1. The third kappa shape index (κ3) is 4.27. The summed E-state index contributed by atoms with van der Waals surface area (Å²) in [6.07, 6.45) is 1.14. The van der Waals surface area contributed by atoms with Gasteiger partial charge in [0.1, 0.15) is 0 Å². The van der Waals surface area contributed by atoms with Crippen LogP contribution in [0.3, 0.4) is 0 Å². The lowest BCUT2D eigenvalue weighted by Gasteiger charge is -2.23. The fraction of sp³-hybridized carbons (Fsp3) is 0.667. The Morgan fingerprint density at radius 3 is 3.00 bits per heavy atom. The number of hydrogen-bond acceptors (Lipinski definition) is 6. The van der Waals surface area contributed by atoms with Gasteiger partial charge in [0.2, 0.25) is 0 Å². The SMILES string of the molecule is CCC(C)N(C)CCNc1nc(C(=O)OC)cs1. The summed E-state index contributed by atoms with van der Waals surface area (Å²) in [6, 6.07) is 0.578. The Bertz CT molecular complexity index is 381. The molecule has 1 N–H and O–H groups in total. The summed E-state index contributed by atoms with van der Waals surface area (Å²) in [6.45, 7) is 6.15. The average molecular weight is 271 g/mol. The second kappa shape index (κ2) is 7.33. The number of thiazole rings is 1. The molecule has 102 valence electrons. The van der Waals surface area contributed by atoms with Gasteiger partial charge in [0, 0.05) is 24.5 Å². The molecule has 0 aliphatic carbocycles. The molecule has 0 saturated heterocycles. The molecule has 0 fully saturated rings. The maximum absolute atomic E-state index is 11.2. The van der Waals surface area contributed by atoms with E-state index in [0.717, 1.165) is 24.6 Å². The van der Waals surface area contributed by atoms with Gasteiger partial charge >= 0.3 is 5.97 Å². The molecule has 0 aliphatic heterocycles. The van der Waals surface area contributed by atoms with Gasteiger partial charge in [-0.15, -0.1) is 11.3 Å². The van der Waals surface area contributed by atoms with Crippen molar-refractivity contribution in [3.8, 4) is 0 Å². The summed E-state index contributed by atoms with van der Waals surface area (Å²) in [5.41, 5.74) is 0.361. The highest BCUT2D eigenvalue weighted by Crippen LogP contribution is 2.15. The molecule has 0 aromatic carbocycles. The number of anilines is 1. The number of likely N-dealkylation sites (N-methyl/N-ethyl adjacent to an activating group) is 1. The first kappa shape index (κ1) is 14.9. The summed E-state index contributed by atoms with van der Waals surface area (Å²) in [7, 11) is 3.47. The van der Waals surface area contributed by atoms with E-state index in [0.29, 0.717) is 11.7 Å². The van der Waals surface area contributed by atoms with Gasteiger partial charge in [-0.25, -0.2) is 9.78 Å². The Morgan fingerprint density at radius 2 is 2.39 bits per heavy atom. The minimum absolute atomic E-state index is 0.361. The van der Waals surface area contributed by atoms with Crippen LogP contribution in [0.15, 0.2) is 5.38 Å². The van der Waals surface area contributed by atoms with E-state index in [9.17, 15) is 4.79 Å². The quantitative estimate of drug-likeness (QED) is 0.769. The minimum Gasteiger partial charge on any atom is -0.464 e. The number of methoxy groups -OCH3 is 1. The third-order valence-corrected chi connectivity index (χ3v) is 3.78. The van der Waals surface area contributed by atoms with Crippen molar-refractivity contribution in [2.45, 2.75) is 26.3 Å². The monoisotopic (exact) mass is 271 g/mol. The molecule has 5 nitrogen and oxygen atoms in total. The molecule has 6 heteroatoms. The smallest absolute Gasteiger partial charge is 0.357 e. The highest BCUT2D eigenvalue weighted by molar-refractivity contribution is 7.13. The van der Waals surface area contributed by atoms with Crippen LogP contribution in [0.25, 0.3) is 0 Å². The van der Waals surface area contributed by atoms with Gasteiger partial charge in [-0.3, -0.25) is 0 Å². The number of carbonyl (C=O) groups excluding carboxylic acids is 1. The van der Waals surface area contributed by atoms with E-state index in [2.05, 4.69) is 40.8 Å². The zero-order valence-electron chi connectivity index (χ0n) is 11.4. The summed E-state index contributed by atoms with van der Waals surface area (Å²) in [4.78, 5) is 17.7. The van der Waals surface area contributed by atoms with Crippen molar-refractivity contribution in [3.63, 3.8) is 0 Å². The van der Waals surface area contributed by atoms with E-state index < -0.39 is 5.97 Å². The molecule has 1 rings (SSSR count). The fourth-order valence-corrected chi connectivity index (χ4v) is 2.13. The Labute approximate surface area is 112 Å². The number of rotatable bonds is 7. The van der Waals surface area contributed by atoms with E-state index >= 15 is 0 Å². The Morgan fingerprint density at radius 1 is 1.67 bits per heavy atom. The second-order valence-electron chi connectivity index (χ2n) is 4.19. The van der Waals surface area contributed by atoms with E-state index in [1.807, 2.05) is 0 Å². The van der Waals surface area contributed by atoms with Gasteiger partial charge in [-0.05, 0) is 20.4 Å². The zero-order chi connectivity index (χ0) is 13.5. The number of carbonyl (C=O) groups is 1. The van der Waals surface area contributed by atoms with Gasteiger partial charge in [0.05, 0.1) is 7.11 Å². The first-order chi connectivity index (χ1) is 8.58. The first-order valence-corrected chi connectivity index (χ1v) is 6.94. The predicted octanol–water partition coefficient (Wildman–Crippen LogP) is 2.07. The van der Waals surface area contributed by atoms with Crippen molar-refractivity contribution < 1.29 is 9.53 Å². The highest BCUT2D eigenvalue weighted by Gasteiger charge is 2.10. The van der Waals surface area contributed by atoms with Crippen molar-refractivity contribution >= 4 is 22.4 Å². The molecule has 1 unspecified atom stereocenters. The van der Waals surface area contributed by atoms with Crippen LogP contribution in [0, 0.1) is 0 Å². The number of nitrogens with one attached hydrogen (secondary N) is 1. The van der Waals surface area contributed by atoms with Gasteiger partial charge < -0.3 is 15.0 Å². The van der Waals surface area contributed by atoms with Gasteiger partial charge in [0.15, 0.2) is 10.8 Å². The zero-order valence-corrected chi connectivity index (χ0v) is 12.2. The maximum Gasteiger partial charge on any atom is 0.357 e. The van der Waals surface area contributed by atoms with Gasteiger partial charge in [-0.2, -0.15) is 0 Å². The van der Waals surface area contributed by atoms with Crippen LogP contribution in [0.2, 0.25) is 0 Å². The van der Waals surface area contributed by atoms with Crippen molar-refractivity contribution in [3.05, 3.63) is 11.1 Å². The molecule has 0 saturated carbocycles. The Hall–Kier alpha value is -1.14. The number of ether oxygens (including phenoxy) is 1. The van der Waals surface area contributed by atoms with Crippen LogP contribution in [0.5, 0.6) is 0 Å². The van der Waals surface area contributed by atoms with E-state index in [1.54, 1.807) is 5.38 Å². The highest BCUT2D eigenvalue weighted by atomic mass is 32.1. The molecule has 1 aromatic rings. The number of nitrogens with zero attached hydrogens (tertiary/aromatic N) is 2. The van der Waals surface area contributed by atoms with Crippen LogP contribution in [0.1, 0.15) is 30.8 Å². The number of esters is 1. The molecule has 1 aromatic heterocycles. The van der Waals surface area contributed by atoms with Crippen LogP contribution < -0.4 is 5.32 Å². The molecule has 18 heavy (non-hydrogen) atoms. The molecule has 0 spiro atoms. The molecule has 0 amide bonds. The van der Waals surface area contributed by atoms with Crippen molar-refractivity contribution in [2.24, 2.45) is 0 Å². The largest absolute Gasteiger partial charge is 0.464 e. The predicted molar refractivity (Wildman–Crippen MR) is 74.3 cm³/mol. The average Bonchev–Trinajstić information content (AvgIpc) is 2.85. The third-order valence-electron chi connectivity index (χ3n) is 2.98. The van der Waals surface area contributed by atoms with Crippen molar-refractivity contribution in [1.82, 2.24) is 9.88 Å². The summed E-state index contributed by atoms with van der Waals surface area (Å²) in [5.74, 6) is -0.393. The second-order valence-corrected chi connectivity index (χ2v) is 5.05.